The summed E-state index contributed by atoms with van der Waals surface area (Å²) < 4.78 is 85.9. The summed E-state index contributed by atoms with van der Waals surface area (Å²) in [5.41, 5.74) is 7.02. The van der Waals surface area contributed by atoms with Gasteiger partial charge in [-0.1, -0.05) is 111 Å². The monoisotopic (exact) mass is 931 g/mol. The number of aromatic nitrogens is 2. The van der Waals surface area contributed by atoms with Crippen molar-refractivity contribution in [3.05, 3.63) is 181 Å². The molecule has 0 saturated heterocycles. The van der Waals surface area contributed by atoms with Gasteiger partial charge in [0, 0.05) is 50.5 Å². The zero-order valence-corrected chi connectivity index (χ0v) is 33.7. The molecule has 0 aliphatic carbocycles. The second-order valence-corrected chi connectivity index (χ2v) is 14.9. The number of anilines is 3. The maximum atomic E-state index is 8.79. The molecule has 9 rings (SSSR count). The van der Waals surface area contributed by atoms with E-state index in [1.54, 1.807) is 65.8 Å². The van der Waals surface area contributed by atoms with E-state index in [0.717, 1.165) is 16.7 Å². The third-order valence-corrected chi connectivity index (χ3v) is 10.1. The first-order chi connectivity index (χ1) is 30.8. The Morgan fingerprint density at radius 1 is 0.684 bits per heavy atom. The van der Waals surface area contributed by atoms with Crippen LogP contribution in [0.3, 0.4) is 0 Å². The Labute approximate surface area is 363 Å². The van der Waals surface area contributed by atoms with Crippen LogP contribution in [0.25, 0.3) is 50.1 Å². The van der Waals surface area contributed by atoms with E-state index in [2.05, 4.69) is 32.9 Å². The molecule has 0 spiro atoms. The van der Waals surface area contributed by atoms with E-state index in [9.17, 15) is 0 Å². The maximum absolute atomic E-state index is 8.79. The predicted octanol–water partition coefficient (Wildman–Crippen LogP) is 13.0. The Balaban J connectivity index is 0.00000592. The minimum Gasteiger partial charge on any atom is -0.504 e. The summed E-state index contributed by atoms with van der Waals surface area (Å²) in [6, 6.07) is 50.4. The summed E-state index contributed by atoms with van der Waals surface area (Å²) in [5, 5.41) is 0. The molecule has 1 aromatic heterocycles. The molecule has 1 aliphatic rings. The number of ether oxygens (including phenoxy) is 1. The Morgan fingerprint density at radius 2 is 1.46 bits per heavy atom. The van der Waals surface area contributed by atoms with E-state index < -0.39 is 20.7 Å². The van der Waals surface area contributed by atoms with Crippen LogP contribution < -0.4 is 14.5 Å². The van der Waals surface area contributed by atoms with Crippen LogP contribution in [-0.2, 0) is 26.5 Å². The molecule has 0 fully saturated rings. The number of imidazole rings is 1. The molecule has 8 aromatic rings. The van der Waals surface area contributed by atoms with Gasteiger partial charge in [-0.25, -0.2) is 4.98 Å². The molecule has 57 heavy (non-hydrogen) atoms. The van der Waals surface area contributed by atoms with Gasteiger partial charge in [0.25, 0.3) is 0 Å². The van der Waals surface area contributed by atoms with Crippen LogP contribution >= 0.6 is 0 Å². The van der Waals surface area contributed by atoms with Crippen LogP contribution in [0.4, 0.5) is 17.1 Å². The van der Waals surface area contributed by atoms with E-state index in [1.165, 1.54) is 17.0 Å². The third kappa shape index (κ3) is 7.17. The fourth-order valence-corrected chi connectivity index (χ4v) is 7.19. The normalized spacial score (nSPS) is 15.5. The summed E-state index contributed by atoms with van der Waals surface area (Å²) in [5.74, 6) is 0.305. The van der Waals surface area contributed by atoms with Gasteiger partial charge in [-0.3, -0.25) is 4.57 Å². The SMILES string of the molecule is [2H]C([2H])([2H])c1cc(-n2c(Oc3[c-]cccc3)nc3c(-c4[c-]c(N5[CH-]N(C([2H])([2H])[2H])c6cc(-c7ccccc7)ccc65)cc(C(C)(C)C)c4)cccc32)c(C([2H])([2H])[2H])cc1-c1ccccc1.[Pt]. The van der Waals surface area contributed by atoms with E-state index in [1.807, 2.05) is 83.8 Å². The summed E-state index contributed by atoms with van der Waals surface area (Å²) in [6.45, 7) is 0.0268. The fraction of sp³-hybridized carbons (Fsp3) is 0.137. The molecule has 0 saturated carbocycles. The zero-order chi connectivity index (χ0) is 46.1. The van der Waals surface area contributed by atoms with Crippen molar-refractivity contribution in [3.8, 4) is 50.8 Å². The van der Waals surface area contributed by atoms with Crippen LogP contribution in [0.2, 0.25) is 0 Å². The molecule has 1 aliphatic heterocycles. The average Bonchev–Trinajstić information content (AvgIpc) is 3.84. The van der Waals surface area contributed by atoms with Crippen LogP contribution in [0.5, 0.6) is 11.8 Å². The van der Waals surface area contributed by atoms with Crippen molar-refractivity contribution in [2.75, 3.05) is 16.8 Å². The van der Waals surface area contributed by atoms with Gasteiger partial charge in [0.15, 0.2) is 0 Å². The third-order valence-electron chi connectivity index (χ3n) is 10.1. The molecular formula is C51H43N4OPt-3. The molecule has 0 amide bonds. The van der Waals surface area contributed by atoms with Crippen molar-refractivity contribution < 1.29 is 38.1 Å². The summed E-state index contributed by atoms with van der Waals surface area (Å²) in [6.07, 6.45) is 0. The maximum Gasteiger partial charge on any atom is 0.304 e. The second kappa shape index (κ2) is 15.2. The molecule has 0 unspecified atom stereocenters. The van der Waals surface area contributed by atoms with Gasteiger partial charge in [0.1, 0.15) is 0 Å². The molecule has 0 radical (unpaired) electrons. The number of rotatable bonds is 7. The van der Waals surface area contributed by atoms with Crippen molar-refractivity contribution >= 4 is 28.1 Å². The molecule has 0 N–H and O–H groups in total. The van der Waals surface area contributed by atoms with Gasteiger partial charge in [-0.05, 0) is 89.8 Å². The Hall–Kier alpha value is -5.90. The van der Waals surface area contributed by atoms with E-state index in [-0.39, 0.29) is 54.9 Å². The number of hydrogen-bond donors (Lipinski definition) is 0. The Bertz CT molecular complexity index is 3050. The smallest absolute Gasteiger partial charge is 0.304 e. The molecule has 5 nitrogen and oxygen atoms in total. The fourth-order valence-electron chi connectivity index (χ4n) is 7.19. The summed E-state index contributed by atoms with van der Waals surface area (Å²) >= 11 is 0. The standard InChI is InChI=1S/C51H43N4O.Pt/c1-34-28-47(35(2)27-44(34)37-19-12-8-13-20-37)55-46-24-16-23-43(49(46)52-50(55)56-42-21-14-9-15-22-42)39-29-40(51(3,4)5)32-41(30-39)54-33-53(6)48-31-38(25-26-45(48)54)36-17-10-7-11-18-36;/h7-21,23-29,31-33H,1-6H3;/q-3;/i1D3,2D3,6D3;. The van der Waals surface area contributed by atoms with Gasteiger partial charge < -0.3 is 14.5 Å². The Kier molecular flexibility index (Phi) is 7.60. The molecule has 2 heterocycles. The summed E-state index contributed by atoms with van der Waals surface area (Å²) in [4.78, 5) is 8.20. The number of aryl methyl sites for hydroxylation is 2. The van der Waals surface area contributed by atoms with Crippen LogP contribution in [0.1, 0.15) is 49.8 Å². The molecule has 7 aromatic carbocycles. The number of nitrogens with zero attached hydrogens (tertiary/aromatic N) is 4. The quantitative estimate of drug-likeness (QED) is 0.149. The van der Waals surface area contributed by atoms with Crippen molar-refractivity contribution in [3.63, 3.8) is 0 Å². The van der Waals surface area contributed by atoms with E-state index >= 15 is 0 Å². The first-order valence-electron chi connectivity index (χ1n) is 22.9. The predicted molar refractivity (Wildman–Crippen MR) is 231 cm³/mol. The van der Waals surface area contributed by atoms with Gasteiger partial charge in [0.2, 0.25) is 0 Å². The van der Waals surface area contributed by atoms with Crippen molar-refractivity contribution in [2.24, 2.45) is 0 Å². The van der Waals surface area contributed by atoms with Gasteiger partial charge in [-0.15, -0.1) is 41.5 Å². The second-order valence-electron chi connectivity index (χ2n) is 14.9. The first-order valence-corrected chi connectivity index (χ1v) is 18.4. The number of benzene rings is 7. The molecule has 0 bridgehead atoms. The first kappa shape index (κ1) is 28.5. The largest absolute Gasteiger partial charge is 0.504 e. The average molecular weight is 932 g/mol. The molecular weight excluding hydrogens is 880 g/mol. The van der Waals surface area contributed by atoms with Gasteiger partial charge in [-0.2, -0.15) is 24.9 Å². The Morgan fingerprint density at radius 3 is 2.18 bits per heavy atom. The zero-order valence-electron chi connectivity index (χ0n) is 40.4. The number of para-hydroxylation sites is 2. The van der Waals surface area contributed by atoms with Gasteiger partial charge >= 0.3 is 6.01 Å². The van der Waals surface area contributed by atoms with Crippen molar-refractivity contribution in [1.82, 2.24) is 9.55 Å². The number of fused-ring (bicyclic) bond motifs is 2. The molecule has 286 valence electrons. The number of hydrogen-bond acceptors (Lipinski definition) is 4. The van der Waals surface area contributed by atoms with E-state index in [0.29, 0.717) is 50.5 Å². The van der Waals surface area contributed by atoms with Crippen molar-refractivity contribution in [1.29, 1.82) is 0 Å². The van der Waals surface area contributed by atoms with Crippen molar-refractivity contribution in [2.45, 2.75) is 39.9 Å². The van der Waals surface area contributed by atoms with E-state index in [4.69, 9.17) is 22.1 Å². The van der Waals surface area contributed by atoms with Gasteiger partial charge in [0.05, 0.1) is 16.7 Å². The topological polar surface area (TPSA) is 33.5 Å². The van der Waals surface area contributed by atoms with Crippen LogP contribution in [0, 0.1) is 32.5 Å². The minimum atomic E-state index is -2.70. The molecule has 6 heteroatoms. The summed E-state index contributed by atoms with van der Waals surface area (Å²) in [7, 11) is 0. The minimum absolute atomic E-state index is 0. The molecule has 0 atom stereocenters. The van der Waals surface area contributed by atoms with Crippen LogP contribution in [0.15, 0.2) is 146 Å². The van der Waals surface area contributed by atoms with Crippen LogP contribution in [-0.4, -0.2) is 16.5 Å².